The molecule has 0 saturated heterocycles. The minimum atomic E-state index is -2.27. The van der Waals surface area contributed by atoms with Crippen LogP contribution >= 0.6 is 12.6 Å². The summed E-state index contributed by atoms with van der Waals surface area (Å²) in [6.07, 6.45) is 1.76. The number of carbonyl (C=O) groups excluding carboxylic acids is 3. The number of fused-ring (bicyclic) bond motifs is 5. The molecule has 0 radical (unpaired) electrons. The number of alkyl halides is 2. The van der Waals surface area contributed by atoms with Gasteiger partial charge in [0.1, 0.15) is 6.17 Å². The normalized spacial score (nSPS) is 46.3. The van der Waals surface area contributed by atoms with Crippen LogP contribution in [0.15, 0.2) is 46.6 Å². The molecule has 1 heterocycles. The highest BCUT2D eigenvalue weighted by Gasteiger charge is 2.80. The third-order valence-corrected chi connectivity index (χ3v) is 9.81. The first-order valence-electron chi connectivity index (χ1n) is 11.8. The molecule has 3 fully saturated rings. The van der Waals surface area contributed by atoms with E-state index in [0.29, 0.717) is 6.42 Å². The average Bonchev–Trinajstić information content (AvgIpc) is 3.39. The fraction of sp³-hybridized carbons (Fsp3) is 0.577. The predicted octanol–water partition coefficient (Wildman–Crippen LogP) is 3.91. The lowest BCUT2D eigenvalue weighted by Gasteiger charge is -2.62. The lowest BCUT2D eigenvalue weighted by Crippen LogP contribution is -2.70. The van der Waals surface area contributed by atoms with E-state index in [1.807, 2.05) is 0 Å². The molecular weight excluding hydrogens is 478 g/mol. The largest absolute Gasteiger partial charge is 0.555 e. The monoisotopic (exact) mass is 507 g/mol. The summed E-state index contributed by atoms with van der Waals surface area (Å²) >= 11 is 4.14. The lowest BCUT2D eigenvalue weighted by atomic mass is 9.44. The Hall–Kier alpha value is -2.26. The first kappa shape index (κ1) is 24.4. The van der Waals surface area contributed by atoms with Gasteiger partial charge in [0.15, 0.2) is 11.5 Å². The van der Waals surface area contributed by atoms with Crippen molar-refractivity contribution in [3.63, 3.8) is 0 Å². The number of esters is 1. The summed E-state index contributed by atoms with van der Waals surface area (Å²) in [6.45, 7) is 4.99. The fourth-order valence-corrected chi connectivity index (χ4v) is 8.37. The van der Waals surface area contributed by atoms with Gasteiger partial charge < -0.3 is 14.3 Å². The number of carbonyl (C=O) groups is 2. The number of allylic oxidation sites excluding steroid dienone is 4. The smallest absolute Gasteiger partial charge is 0.453 e. The summed E-state index contributed by atoms with van der Waals surface area (Å²) in [5, 5.41) is 10.8. The topological polar surface area (TPSA) is 98.1 Å². The van der Waals surface area contributed by atoms with Crippen LogP contribution in [0.5, 0.6) is 0 Å². The Labute approximate surface area is 207 Å². The van der Waals surface area contributed by atoms with Crippen LogP contribution in [-0.2, 0) is 14.3 Å². The standard InChI is InChI=1S/C26H28F2O6S/c1-13-9-15-16-11-18(27)17-10-14(29)6-7-23(17,2)25(16,28)20(30)12-24(15,3)26(13,22(32)35)34-21(31)19-5-4-8-33-19/h4-8,10,13,15-16,18,20,30H,9,11-12H2,1-3H3,(H,32,35)/p+1/t13-,15?,16?,18+,20?,23?,24+,25+,26+/m1/s1. The predicted molar refractivity (Wildman–Crippen MR) is 126 cm³/mol. The molecule has 0 spiro atoms. The van der Waals surface area contributed by atoms with Gasteiger partial charge in [0.05, 0.1) is 12.4 Å². The van der Waals surface area contributed by atoms with Crippen molar-refractivity contribution in [3.05, 3.63) is 48.0 Å². The Morgan fingerprint density at radius 3 is 2.66 bits per heavy atom. The maximum atomic E-state index is 17.3. The molecule has 6 nitrogen and oxygen atoms in total. The van der Waals surface area contributed by atoms with Gasteiger partial charge in [0.25, 0.3) is 16.5 Å². The van der Waals surface area contributed by atoms with Crippen molar-refractivity contribution in [3.8, 4) is 0 Å². The van der Waals surface area contributed by atoms with Gasteiger partial charge in [-0.3, -0.25) is 14.3 Å². The van der Waals surface area contributed by atoms with E-state index in [9.17, 15) is 19.5 Å². The Bertz CT molecular complexity index is 1160. The van der Waals surface area contributed by atoms with Crippen molar-refractivity contribution in [1.82, 2.24) is 0 Å². The minimum Gasteiger partial charge on any atom is -0.453 e. The highest BCUT2D eigenvalue weighted by atomic mass is 32.1. The van der Waals surface area contributed by atoms with Gasteiger partial charge in [-0.1, -0.05) is 32.6 Å². The van der Waals surface area contributed by atoms with Crippen molar-refractivity contribution in [2.75, 3.05) is 0 Å². The van der Waals surface area contributed by atoms with Gasteiger partial charge in [-0.2, -0.15) is 0 Å². The second kappa shape index (κ2) is 7.62. The van der Waals surface area contributed by atoms with Gasteiger partial charge in [-0.15, -0.1) is 0 Å². The maximum Gasteiger partial charge on any atom is 0.555 e. The molecule has 0 aliphatic heterocycles. The third-order valence-electron chi connectivity index (χ3n) is 9.48. The van der Waals surface area contributed by atoms with E-state index >= 15 is 8.78 Å². The van der Waals surface area contributed by atoms with Crippen LogP contribution in [0, 0.1) is 28.6 Å². The highest BCUT2D eigenvalue weighted by molar-refractivity contribution is 7.96. The Kier molecular flexibility index (Phi) is 5.32. The van der Waals surface area contributed by atoms with E-state index in [-0.39, 0.29) is 24.2 Å². The van der Waals surface area contributed by atoms with Crippen molar-refractivity contribution in [2.45, 2.75) is 63.6 Å². The SMILES string of the molecule is C[C@@H]1CC2C3C[C@H](F)C4=CC(=O)C=CC4(C)[C@@]3(F)C(O)C[C@]2(C)[C@@]1(OC(=[OH+])c1ccco1)C(=O)S. The summed E-state index contributed by atoms with van der Waals surface area (Å²) in [5.41, 5.74) is -6.66. The molecule has 9 atom stereocenters. The number of aliphatic hydroxyl groups excluding tert-OH is 1. The molecular formula is C26H29F2O6S+. The average molecular weight is 508 g/mol. The molecule has 4 aliphatic carbocycles. The molecule has 1 aromatic rings. The third kappa shape index (κ3) is 2.88. The van der Waals surface area contributed by atoms with Crippen molar-refractivity contribution >= 4 is 29.5 Å². The molecule has 9 heteroatoms. The van der Waals surface area contributed by atoms with Gasteiger partial charge in [-0.05, 0) is 62.0 Å². The number of hydrogen-bond donors (Lipinski definition) is 2. The zero-order valence-corrected chi connectivity index (χ0v) is 20.6. The number of rotatable bonds is 3. The number of aliphatic hydroxyl groups is 1. The number of halogens is 2. The van der Waals surface area contributed by atoms with Crippen LogP contribution in [0.25, 0.3) is 0 Å². The van der Waals surface area contributed by atoms with E-state index in [1.54, 1.807) is 19.9 Å². The van der Waals surface area contributed by atoms with Gasteiger partial charge in [-0.25, -0.2) is 8.78 Å². The summed E-state index contributed by atoms with van der Waals surface area (Å²) in [4.78, 5) is 35.8. The second-order valence-electron chi connectivity index (χ2n) is 10.9. The van der Waals surface area contributed by atoms with Gasteiger partial charge in [0.2, 0.25) is 0 Å². The van der Waals surface area contributed by atoms with Crippen LogP contribution in [0.4, 0.5) is 8.78 Å². The molecule has 3 saturated carbocycles. The first-order chi connectivity index (χ1) is 16.3. The highest BCUT2D eigenvalue weighted by Crippen LogP contribution is 2.71. The summed E-state index contributed by atoms with van der Waals surface area (Å²) < 4.78 is 44.0. The van der Waals surface area contributed by atoms with Crippen molar-refractivity contribution < 1.29 is 37.4 Å². The Morgan fingerprint density at radius 2 is 2.03 bits per heavy atom. The van der Waals surface area contributed by atoms with Crippen LogP contribution in [0.2, 0.25) is 0 Å². The summed E-state index contributed by atoms with van der Waals surface area (Å²) in [5.74, 6) is -3.11. The molecule has 188 valence electrons. The minimum absolute atomic E-state index is 0.00944. The molecule has 4 aliphatic rings. The zero-order valence-electron chi connectivity index (χ0n) is 19.7. The zero-order chi connectivity index (χ0) is 25.6. The number of ether oxygens (including phenoxy) is 1. The number of ketones is 1. The van der Waals surface area contributed by atoms with Crippen molar-refractivity contribution in [1.29, 1.82) is 0 Å². The summed E-state index contributed by atoms with van der Waals surface area (Å²) in [7, 11) is 0. The van der Waals surface area contributed by atoms with Crippen molar-refractivity contribution in [2.24, 2.45) is 28.6 Å². The van der Waals surface area contributed by atoms with E-state index in [2.05, 4.69) is 12.6 Å². The van der Waals surface area contributed by atoms with E-state index < -0.39 is 69.0 Å². The molecule has 35 heavy (non-hydrogen) atoms. The van der Waals surface area contributed by atoms with Crippen LogP contribution in [0.1, 0.15) is 45.8 Å². The molecule has 2 N–H and O–H groups in total. The van der Waals surface area contributed by atoms with E-state index in [1.165, 1.54) is 31.4 Å². The maximum absolute atomic E-state index is 17.3. The first-order valence-corrected chi connectivity index (χ1v) is 12.3. The van der Waals surface area contributed by atoms with E-state index in [0.717, 1.165) is 6.08 Å². The van der Waals surface area contributed by atoms with Crippen LogP contribution in [-0.4, -0.2) is 50.3 Å². The molecule has 5 rings (SSSR count). The Morgan fingerprint density at radius 1 is 1.31 bits per heavy atom. The van der Waals surface area contributed by atoms with Crippen LogP contribution < -0.4 is 0 Å². The van der Waals surface area contributed by atoms with E-state index in [4.69, 9.17) is 9.15 Å². The molecule has 0 bridgehead atoms. The molecule has 1 aromatic heterocycles. The van der Waals surface area contributed by atoms with Gasteiger partial charge >= 0.3 is 5.97 Å². The quantitative estimate of drug-likeness (QED) is 0.367. The molecule has 0 amide bonds. The molecule has 4 unspecified atom stereocenters. The number of hydrogen-bond acceptors (Lipinski definition) is 5. The number of thiol groups is 1. The second-order valence-corrected chi connectivity index (χ2v) is 11.3. The summed E-state index contributed by atoms with van der Waals surface area (Å²) in [6, 6.07) is 3.01. The Balaban J connectivity index is 1.62. The lowest BCUT2D eigenvalue weighted by molar-refractivity contribution is -0.219. The number of furan rings is 1. The molecule has 0 aromatic carbocycles. The van der Waals surface area contributed by atoms with Gasteiger partial charge in [0, 0.05) is 22.7 Å². The fourth-order valence-electron chi connectivity index (χ4n) is 7.84. The van der Waals surface area contributed by atoms with Crippen LogP contribution in [0.3, 0.4) is 0 Å².